The number of carbonyl (C=O) groups excluding carboxylic acids is 1. The molecule has 0 spiro atoms. The van der Waals surface area contributed by atoms with Crippen molar-refractivity contribution >= 4 is 36.7 Å². The first-order chi connectivity index (χ1) is 19.0. The number of carbonyl (C=O) groups is 1. The molecule has 40 heavy (non-hydrogen) atoms. The summed E-state index contributed by atoms with van der Waals surface area (Å²) in [7, 11) is -4.20. The van der Waals surface area contributed by atoms with Gasteiger partial charge >= 0.3 is 19.8 Å². The van der Waals surface area contributed by atoms with Crippen LogP contribution < -0.4 is 20.1 Å². The number of hydrogen-bond donors (Lipinski definition) is 7. The van der Waals surface area contributed by atoms with Gasteiger partial charge in [0.25, 0.3) is 0 Å². The van der Waals surface area contributed by atoms with Crippen molar-refractivity contribution in [2.45, 2.75) is 49.5 Å². The number of ether oxygens (including phenoxy) is 2. The first kappa shape index (κ1) is 32.6. The first-order valence-electron chi connectivity index (χ1n) is 12.5. The lowest BCUT2D eigenvalue weighted by atomic mass is 10.0. The molecule has 3 rings (SSSR count). The summed E-state index contributed by atoms with van der Waals surface area (Å²) in [6.07, 6.45) is -5.73. The molecule has 2 aromatic carbocycles. The van der Waals surface area contributed by atoms with E-state index in [9.17, 15) is 34.7 Å². The number of benzene rings is 2. The van der Waals surface area contributed by atoms with E-state index in [1.54, 1.807) is 48.5 Å². The van der Waals surface area contributed by atoms with Crippen LogP contribution in [-0.4, -0.2) is 93.8 Å². The van der Waals surface area contributed by atoms with Gasteiger partial charge in [0, 0.05) is 22.6 Å². The molecule has 0 aromatic heterocycles. The molecule has 0 radical (unpaired) electrons. The minimum absolute atomic E-state index is 0.0600. The second-order valence-electron chi connectivity index (χ2n) is 9.21. The van der Waals surface area contributed by atoms with Crippen LogP contribution in [0.2, 0.25) is 10.0 Å². The van der Waals surface area contributed by atoms with Crippen LogP contribution in [0.5, 0.6) is 11.5 Å². The molecule has 1 unspecified atom stereocenters. The van der Waals surface area contributed by atoms with Gasteiger partial charge in [0.1, 0.15) is 11.5 Å². The third kappa shape index (κ3) is 10.1. The average Bonchev–Trinajstić information content (AvgIpc) is 3.17. The summed E-state index contributed by atoms with van der Waals surface area (Å²) < 4.78 is 28.8. The average molecular weight is 623 g/mol. The Morgan fingerprint density at radius 3 is 2.00 bits per heavy atom. The standard InChI is InChI=1S/C25H33Cl2N2O10P/c26-15-2-6-18(7-3-15)38-25(39-19-8-4-16(27)5-9-19)24(34)28-10-1-11-37-40(35,36)14-17(31)12-20-22(32)23(33)21(13-30)29-20/h2-9,17,20-23,25,29-33H,1,10-14H2,(H,28,34)(H,35,36)/t17-,20-,21-,22-,23-/m1/s1. The summed E-state index contributed by atoms with van der Waals surface area (Å²) in [5.74, 6) is 0.0603. The Balaban J connectivity index is 1.44. The summed E-state index contributed by atoms with van der Waals surface area (Å²) in [6, 6.07) is 11.2. The minimum Gasteiger partial charge on any atom is -0.446 e. The van der Waals surface area contributed by atoms with E-state index in [-0.39, 0.29) is 26.0 Å². The number of rotatable bonds is 15. The van der Waals surface area contributed by atoms with Crippen molar-refractivity contribution in [2.75, 3.05) is 25.9 Å². The van der Waals surface area contributed by atoms with E-state index in [4.69, 9.17) is 37.2 Å². The summed E-state index contributed by atoms with van der Waals surface area (Å²) in [6.45, 7) is -0.550. The van der Waals surface area contributed by atoms with E-state index in [0.29, 0.717) is 21.5 Å². The lowest BCUT2D eigenvalue weighted by Gasteiger charge is -2.21. The molecule has 1 heterocycles. The van der Waals surface area contributed by atoms with Crippen molar-refractivity contribution < 1.29 is 48.7 Å². The highest BCUT2D eigenvalue weighted by Crippen LogP contribution is 2.43. The molecule has 12 nitrogen and oxygen atoms in total. The molecule has 7 N–H and O–H groups in total. The quantitative estimate of drug-likeness (QED) is 0.0861. The van der Waals surface area contributed by atoms with Crippen LogP contribution in [-0.2, 0) is 13.9 Å². The van der Waals surface area contributed by atoms with Crippen LogP contribution in [0.3, 0.4) is 0 Å². The summed E-state index contributed by atoms with van der Waals surface area (Å²) in [5, 5.41) is 45.6. The van der Waals surface area contributed by atoms with E-state index in [1.165, 1.54) is 0 Å². The Bertz CT molecular complexity index is 1080. The predicted octanol–water partition coefficient (Wildman–Crippen LogP) is 1.29. The van der Waals surface area contributed by atoms with Crippen molar-refractivity contribution in [3.63, 3.8) is 0 Å². The van der Waals surface area contributed by atoms with Crippen LogP contribution in [0.4, 0.5) is 0 Å². The van der Waals surface area contributed by atoms with E-state index < -0.39 is 63.0 Å². The fourth-order valence-electron chi connectivity index (χ4n) is 3.98. The Morgan fingerprint density at radius 1 is 0.975 bits per heavy atom. The molecule has 0 bridgehead atoms. The Morgan fingerprint density at radius 2 is 1.50 bits per heavy atom. The zero-order valence-electron chi connectivity index (χ0n) is 21.3. The van der Waals surface area contributed by atoms with Gasteiger partial charge in [0.2, 0.25) is 0 Å². The van der Waals surface area contributed by atoms with Gasteiger partial charge in [0.05, 0.1) is 43.7 Å². The molecule has 0 aliphatic carbocycles. The molecule has 1 amide bonds. The van der Waals surface area contributed by atoms with Crippen molar-refractivity contribution in [2.24, 2.45) is 0 Å². The Kier molecular flexibility index (Phi) is 12.5. The third-order valence-electron chi connectivity index (χ3n) is 6.01. The topological polar surface area (TPSA) is 187 Å². The fraction of sp³-hybridized carbons (Fsp3) is 0.480. The van der Waals surface area contributed by atoms with E-state index in [2.05, 4.69) is 10.6 Å². The Hall–Kier alpha value is -1.96. The van der Waals surface area contributed by atoms with E-state index in [0.717, 1.165) is 0 Å². The summed E-state index contributed by atoms with van der Waals surface area (Å²) in [5.41, 5.74) is 0. The molecule has 222 valence electrons. The van der Waals surface area contributed by atoms with Crippen LogP contribution in [0.15, 0.2) is 48.5 Å². The molecule has 1 saturated heterocycles. The zero-order valence-corrected chi connectivity index (χ0v) is 23.7. The van der Waals surface area contributed by atoms with Crippen LogP contribution in [0, 0.1) is 0 Å². The largest absolute Gasteiger partial charge is 0.446 e. The number of hydrogen-bond acceptors (Lipinski definition) is 10. The molecule has 1 fully saturated rings. The van der Waals surface area contributed by atoms with Crippen molar-refractivity contribution in [3.8, 4) is 11.5 Å². The highest BCUT2D eigenvalue weighted by atomic mass is 35.5. The molecule has 1 aliphatic heterocycles. The van der Waals surface area contributed by atoms with Crippen LogP contribution in [0.25, 0.3) is 0 Å². The Labute approximate surface area is 241 Å². The highest BCUT2D eigenvalue weighted by Gasteiger charge is 2.41. The number of halogens is 2. The molecule has 15 heteroatoms. The number of aliphatic hydroxyl groups excluding tert-OH is 4. The van der Waals surface area contributed by atoms with Gasteiger partial charge < -0.3 is 50.0 Å². The third-order valence-corrected chi connectivity index (χ3v) is 7.98. The van der Waals surface area contributed by atoms with Gasteiger partial charge in [-0.15, -0.1) is 0 Å². The van der Waals surface area contributed by atoms with Gasteiger partial charge in [-0.2, -0.15) is 0 Å². The summed E-state index contributed by atoms with van der Waals surface area (Å²) >= 11 is 11.8. The molecular weight excluding hydrogens is 590 g/mol. The number of amides is 1. The van der Waals surface area contributed by atoms with Crippen molar-refractivity contribution in [1.29, 1.82) is 0 Å². The van der Waals surface area contributed by atoms with Gasteiger partial charge in [0.15, 0.2) is 0 Å². The fourth-order valence-corrected chi connectivity index (χ4v) is 5.44. The van der Waals surface area contributed by atoms with Crippen LogP contribution in [0.1, 0.15) is 12.8 Å². The maximum atomic E-state index is 12.8. The normalized spacial score (nSPS) is 23.0. The monoisotopic (exact) mass is 622 g/mol. The van der Waals surface area contributed by atoms with Crippen molar-refractivity contribution in [3.05, 3.63) is 58.6 Å². The predicted molar refractivity (Wildman–Crippen MR) is 147 cm³/mol. The highest BCUT2D eigenvalue weighted by molar-refractivity contribution is 7.52. The lowest BCUT2D eigenvalue weighted by molar-refractivity contribution is -0.140. The molecule has 6 atom stereocenters. The molecule has 2 aromatic rings. The maximum Gasteiger partial charge on any atom is 0.330 e. The van der Waals surface area contributed by atoms with Gasteiger partial charge in [-0.3, -0.25) is 9.36 Å². The van der Waals surface area contributed by atoms with Gasteiger partial charge in [-0.05, 0) is 61.4 Å². The molecule has 1 aliphatic rings. The second kappa shape index (κ2) is 15.3. The number of nitrogens with one attached hydrogen (secondary N) is 2. The van der Waals surface area contributed by atoms with E-state index >= 15 is 0 Å². The van der Waals surface area contributed by atoms with E-state index in [1.807, 2.05) is 0 Å². The summed E-state index contributed by atoms with van der Waals surface area (Å²) in [4.78, 5) is 22.9. The number of aliphatic hydroxyl groups is 4. The maximum absolute atomic E-state index is 12.8. The van der Waals surface area contributed by atoms with Gasteiger partial charge in [-0.1, -0.05) is 23.2 Å². The second-order valence-corrected chi connectivity index (χ2v) is 12.0. The smallest absolute Gasteiger partial charge is 0.330 e. The molecular formula is C25H33Cl2N2O10P. The van der Waals surface area contributed by atoms with Crippen molar-refractivity contribution in [1.82, 2.24) is 10.6 Å². The first-order valence-corrected chi connectivity index (χ1v) is 15.0. The van der Waals surface area contributed by atoms with Gasteiger partial charge in [-0.25, -0.2) is 0 Å². The minimum atomic E-state index is -4.20. The molecule has 0 saturated carbocycles. The SMILES string of the molecule is O=C(NCCCOP(=O)(O)C[C@H](O)C[C@H]1N[C@H](CO)[C@@H](O)[C@@H]1O)C(Oc1ccc(Cl)cc1)Oc1ccc(Cl)cc1. The zero-order chi connectivity index (χ0) is 29.3. The van der Waals surface area contributed by atoms with Crippen LogP contribution >= 0.6 is 30.8 Å². The lowest BCUT2D eigenvalue weighted by Crippen LogP contribution is -2.42.